The third kappa shape index (κ3) is 4.58. The van der Waals surface area contributed by atoms with Crippen LogP contribution in [0, 0.1) is 11.3 Å². The SMILES string of the molecule is CCOC(=O)C(c1ncn2c1C[C@@H](F)C2)n1cc2c(Cl)cc(-c3ccc(N4CCOCC4)c(C#N)c3)c(Cl)c2n1. The van der Waals surface area contributed by atoms with Crippen molar-refractivity contribution in [1.82, 2.24) is 19.3 Å². The fourth-order valence-electron chi connectivity index (χ4n) is 5.42. The third-order valence-corrected chi connectivity index (χ3v) is 8.00. The molecule has 4 heterocycles. The summed E-state index contributed by atoms with van der Waals surface area (Å²) < 4.78 is 28.1. The molecular weight excluding hydrogens is 558 g/mol. The largest absolute Gasteiger partial charge is 0.464 e. The molecule has 2 aromatic heterocycles. The number of hydrogen-bond donors (Lipinski definition) is 0. The lowest BCUT2D eigenvalue weighted by Crippen LogP contribution is -2.36. The van der Waals surface area contributed by atoms with Crippen LogP contribution in [-0.2, 0) is 27.2 Å². The van der Waals surface area contributed by atoms with Crippen molar-refractivity contribution in [2.75, 3.05) is 37.8 Å². The van der Waals surface area contributed by atoms with E-state index in [9.17, 15) is 14.4 Å². The molecule has 9 nitrogen and oxygen atoms in total. The Morgan fingerprint density at radius 3 is 2.85 bits per heavy atom. The Morgan fingerprint density at radius 2 is 2.10 bits per heavy atom. The summed E-state index contributed by atoms with van der Waals surface area (Å²) in [5.41, 5.74) is 4.06. The molecule has 2 aromatic carbocycles. The van der Waals surface area contributed by atoms with Crippen LogP contribution in [0.5, 0.6) is 0 Å². The molecule has 1 saturated heterocycles. The fourth-order valence-corrected chi connectivity index (χ4v) is 5.97. The normalized spacial score (nSPS) is 17.6. The van der Waals surface area contributed by atoms with Gasteiger partial charge in [0.05, 0.1) is 59.7 Å². The molecule has 0 aliphatic carbocycles. The number of hydrogen-bond acceptors (Lipinski definition) is 7. The molecule has 206 valence electrons. The molecule has 0 amide bonds. The molecule has 40 heavy (non-hydrogen) atoms. The highest BCUT2D eigenvalue weighted by atomic mass is 35.5. The minimum absolute atomic E-state index is 0.152. The summed E-state index contributed by atoms with van der Waals surface area (Å²) in [4.78, 5) is 19.7. The number of nitrogens with zero attached hydrogens (tertiary/aromatic N) is 6. The number of fused-ring (bicyclic) bond motifs is 2. The second-order valence-corrected chi connectivity index (χ2v) is 10.5. The van der Waals surface area contributed by atoms with Crippen LogP contribution in [0.1, 0.15) is 29.9 Å². The first-order valence-electron chi connectivity index (χ1n) is 13.0. The molecular formula is C28H25Cl2FN6O3. The fraction of sp³-hybridized carbons (Fsp3) is 0.357. The second-order valence-electron chi connectivity index (χ2n) is 9.72. The molecule has 1 unspecified atom stereocenters. The van der Waals surface area contributed by atoms with Crippen LogP contribution in [0.2, 0.25) is 10.0 Å². The zero-order valence-electron chi connectivity index (χ0n) is 21.6. The molecule has 12 heteroatoms. The number of benzene rings is 2. The van der Waals surface area contributed by atoms with Gasteiger partial charge in [-0.1, -0.05) is 29.3 Å². The summed E-state index contributed by atoms with van der Waals surface area (Å²) in [5, 5.41) is 15.8. The van der Waals surface area contributed by atoms with Crippen molar-refractivity contribution in [2.45, 2.75) is 32.1 Å². The van der Waals surface area contributed by atoms with Crippen molar-refractivity contribution < 1.29 is 18.7 Å². The molecule has 0 spiro atoms. The number of morpholine rings is 1. The molecule has 0 saturated carbocycles. The lowest BCUT2D eigenvalue weighted by Gasteiger charge is -2.29. The molecule has 6 rings (SSSR count). The van der Waals surface area contributed by atoms with Crippen LogP contribution >= 0.6 is 23.2 Å². The molecule has 2 aliphatic rings. The summed E-state index contributed by atoms with van der Waals surface area (Å²) in [6.07, 6.45) is 2.27. The van der Waals surface area contributed by atoms with Crippen molar-refractivity contribution in [3.8, 4) is 17.2 Å². The van der Waals surface area contributed by atoms with Crippen molar-refractivity contribution in [1.29, 1.82) is 5.26 Å². The summed E-state index contributed by atoms with van der Waals surface area (Å²) >= 11 is 13.6. The molecule has 4 aromatic rings. The lowest BCUT2D eigenvalue weighted by molar-refractivity contribution is -0.146. The van der Waals surface area contributed by atoms with E-state index in [1.165, 1.54) is 11.0 Å². The number of esters is 1. The average Bonchev–Trinajstić information content (AvgIpc) is 3.67. The standard InChI is InChI=1S/C28H25Cl2FN6O3/c1-2-40-28(38)27(26-23-10-18(31)13-36(23)15-33-26)37-14-20-21(29)11-19(24(30)25(20)34-37)16-3-4-22(17(9-16)12-32)35-5-7-39-8-6-35/h3-4,9,11,14-15,18,27H,2,5-8,10,13H2,1H3/t18-,27?/m1/s1. The Bertz CT molecular complexity index is 1660. The van der Waals surface area contributed by atoms with Gasteiger partial charge in [0.25, 0.3) is 0 Å². The first kappa shape index (κ1) is 26.6. The van der Waals surface area contributed by atoms with Gasteiger partial charge in [-0.05, 0) is 30.7 Å². The highest BCUT2D eigenvalue weighted by molar-refractivity contribution is 6.42. The zero-order chi connectivity index (χ0) is 28.0. The first-order chi connectivity index (χ1) is 19.4. The Labute approximate surface area is 239 Å². The van der Waals surface area contributed by atoms with E-state index in [1.807, 2.05) is 12.1 Å². The quantitative estimate of drug-likeness (QED) is 0.296. The molecule has 1 fully saturated rings. The molecule has 0 radical (unpaired) electrons. The van der Waals surface area contributed by atoms with E-state index in [0.29, 0.717) is 75.3 Å². The van der Waals surface area contributed by atoms with Gasteiger partial charge in [0.15, 0.2) is 6.04 Å². The van der Waals surface area contributed by atoms with Gasteiger partial charge < -0.3 is 18.9 Å². The molecule has 2 atom stereocenters. The maximum atomic E-state index is 14.2. The van der Waals surface area contributed by atoms with Gasteiger partial charge in [0, 0.05) is 42.4 Å². The minimum atomic E-state index is -1.05. The summed E-state index contributed by atoms with van der Waals surface area (Å²) in [6, 6.07) is 8.57. The van der Waals surface area contributed by atoms with Gasteiger partial charge in [0.1, 0.15) is 17.8 Å². The van der Waals surface area contributed by atoms with E-state index in [0.717, 1.165) is 5.69 Å². The van der Waals surface area contributed by atoms with Gasteiger partial charge in [0.2, 0.25) is 0 Å². The molecule has 0 N–H and O–H groups in total. The highest BCUT2D eigenvalue weighted by Crippen LogP contribution is 2.40. The number of rotatable bonds is 6. The Hall–Kier alpha value is -3.65. The van der Waals surface area contributed by atoms with E-state index in [-0.39, 0.29) is 19.6 Å². The van der Waals surface area contributed by atoms with Gasteiger partial charge in [-0.3, -0.25) is 4.68 Å². The van der Waals surface area contributed by atoms with Gasteiger partial charge >= 0.3 is 5.97 Å². The van der Waals surface area contributed by atoms with Crippen LogP contribution in [-0.4, -0.2) is 64.4 Å². The topological polar surface area (TPSA) is 98.2 Å². The number of carbonyl (C=O) groups is 1. The molecule has 2 aliphatic heterocycles. The zero-order valence-corrected chi connectivity index (χ0v) is 23.1. The number of ether oxygens (including phenoxy) is 2. The van der Waals surface area contributed by atoms with Crippen molar-refractivity contribution in [3.63, 3.8) is 0 Å². The number of alkyl halides is 1. The maximum Gasteiger partial charge on any atom is 0.337 e. The van der Waals surface area contributed by atoms with Gasteiger partial charge in [-0.25, -0.2) is 14.2 Å². The predicted octanol–water partition coefficient (Wildman–Crippen LogP) is 4.96. The number of halogens is 3. The molecule has 0 bridgehead atoms. The van der Waals surface area contributed by atoms with Crippen LogP contribution < -0.4 is 4.90 Å². The van der Waals surface area contributed by atoms with Crippen molar-refractivity contribution in [3.05, 3.63) is 63.8 Å². The highest BCUT2D eigenvalue weighted by Gasteiger charge is 2.35. The van der Waals surface area contributed by atoms with E-state index >= 15 is 0 Å². The number of imidazole rings is 1. The lowest BCUT2D eigenvalue weighted by atomic mass is 10.0. The third-order valence-electron chi connectivity index (χ3n) is 7.31. The Balaban J connectivity index is 1.43. The minimum Gasteiger partial charge on any atom is -0.464 e. The average molecular weight is 583 g/mol. The number of nitriles is 1. The van der Waals surface area contributed by atoms with Crippen LogP contribution in [0.4, 0.5) is 10.1 Å². The number of carbonyl (C=O) groups excluding carboxylic acids is 1. The number of anilines is 1. The van der Waals surface area contributed by atoms with Crippen LogP contribution in [0.3, 0.4) is 0 Å². The van der Waals surface area contributed by atoms with Crippen LogP contribution in [0.15, 0.2) is 36.8 Å². The van der Waals surface area contributed by atoms with E-state index in [2.05, 4.69) is 21.1 Å². The van der Waals surface area contributed by atoms with Crippen molar-refractivity contribution >= 4 is 45.8 Å². The van der Waals surface area contributed by atoms with Gasteiger partial charge in [-0.15, -0.1) is 0 Å². The Kier molecular flexibility index (Phi) is 7.13. The summed E-state index contributed by atoms with van der Waals surface area (Å²) in [6.45, 7) is 4.69. The van der Waals surface area contributed by atoms with E-state index in [4.69, 9.17) is 32.7 Å². The van der Waals surface area contributed by atoms with Crippen LogP contribution in [0.25, 0.3) is 22.0 Å². The van der Waals surface area contributed by atoms with E-state index < -0.39 is 18.2 Å². The maximum absolute atomic E-state index is 14.2. The number of aromatic nitrogens is 4. The monoisotopic (exact) mass is 582 g/mol. The van der Waals surface area contributed by atoms with Crippen molar-refractivity contribution in [2.24, 2.45) is 0 Å². The smallest absolute Gasteiger partial charge is 0.337 e. The van der Waals surface area contributed by atoms with E-state index in [1.54, 1.807) is 29.8 Å². The summed E-state index contributed by atoms with van der Waals surface area (Å²) in [5.74, 6) is -0.566. The summed E-state index contributed by atoms with van der Waals surface area (Å²) in [7, 11) is 0. The van der Waals surface area contributed by atoms with Gasteiger partial charge in [-0.2, -0.15) is 10.4 Å². The predicted molar refractivity (Wildman–Crippen MR) is 149 cm³/mol. The Morgan fingerprint density at radius 1 is 1.30 bits per heavy atom. The second kappa shape index (κ2) is 10.7. The first-order valence-corrected chi connectivity index (χ1v) is 13.7.